The molecule has 0 atom stereocenters. The Hall–Kier alpha value is -1.29. The molecule has 1 aliphatic rings. The first-order valence-electron chi connectivity index (χ1n) is 6.30. The molecule has 1 N–H and O–H groups in total. The van der Waals surface area contributed by atoms with Gasteiger partial charge in [0.05, 0.1) is 12.3 Å². The van der Waals surface area contributed by atoms with Crippen LogP contribution in [-0.4, -0.2) is 23.6 Å². The molecule has 1 aromatic heterocycles. The second-order valence-corrected chi connectivity index (χ2v) is 4.79. The van der Waals surface area contributed by atoms with Crippen LogP contribution in [0.5, 0.6) is 0 Å². The SMILES string of the molecule is CCOC(=O)c1cnc(Cl)cc1NC1CCCC1. The van der Waals surface area contributed by atoms with Gasteiger partial charge in [0.15, 0.2) is 0 Å². The fourth-order valence-corrected chi connectivity index (χ4v) is 2.37. The quantitative estimate of drug-likeness (QED) is 0.673. The highest BCUT2D eigenvalue weighted by atomic mass is 35.5. The minimum Gasteiger partial charge on any atom is -0.462 e. The summed E-state index contributed by atoms with van der Waals surface area (Å²) in [5, 5.41) is 3.74. The van der Waals surface area contributed by atoms with Gasteiger partial charge in [0, 0.05) is 12.2 Å². The van der Waals surface area contributed by atoms with Crippen LogP contribution in [0.3, 0.4) is 0 Å². The lowest BCUT2D eigenvalue weighted by molar-refractivity contribution is 0.0527. The molecule has 0 spiro atoms. The molecule has 0 aromatic carbocycles. The van der Waals surface area contributed by atoms with Gasteiger partial charge < -0.3 is 10.1 Å². The largest absolute Gasteiger partial charge is 0.462 e. The predicted octanol–water partition coefficient (Wildman–Crippen LogP) is 3.27. The van der Waals surface area contributed by atoms with E-state index in [-0.39, 0.29) is 5.97 Å². The summed E-state index contributed by atoms with van der Waals surface area (Å²) in [6, 6.07) is 2.10. The Morgan fingerprint density at radius 2 is 2.28 bits per heavy atom. The summed E-state index contributed by atoms with van der Waals surface area (Å²) >= 11 is 5.88. The normalized spacial score (nSPS) is 15.7. The number of ether oxygens (including phenoxy) is 1. The topological polar surface area (TPSA) is 51.2 Å². The Kier molecular flexibility index (Phi) is 4.42. The average molecular weight is 269 g/mol. The molecule has 0 amide bonds. The van der Waals surface area contributed by atoms with E-state index in [1.807, 2.05) is 0 Å². The summed E-state index contributed by atoms with van der Waals surface area (Å²) in [5.74, 6) is -0.359. The molecule has 18 heavy (non-hydrogen) atoms. The van der Waals surface area contributed by atoms with E-state index < -0.39 is 0 Å². The second-order valence-electron chi connectivity index (χ2n) is 4.40. The number of hydrogen-bond acceptors (Lipinski definition) is 4. The molecule has 1 heterocycles. The Balaban J connectivity index is 2.19. The first kappa shape index (κ1) is 13.1. The third-order valence-corrected chi connectivity index (χ3v) is 3.29. The molecule has 0 bridgehead atoms. The fraction of sp³-hybridized carbons (Fsp3) is 0.538. The lowest BCUT2D eigenvalue weighted by atomic mass is 10.2. The number of nitrogens with one attached hydrogen (secondary N) is 1. The number of aromatic nitrogens is 1. The van der Waals surface area contributed by atoms with Crippen LogP contribution in [0.4, 0.5) is 5.69 Å². The van der Waals surface area contributed by atoms with Gasteiger partial charge in [0.25, 0.3) is 0 Å². The van der Waals surface area contributed by atoms with E-state index in [1.165, 1.54) is 19.0 Å². The van der Waals surface area contributed by atoms with Gasteiger partial charge in [-0.15, -0.1) is 0 Å². The van der Waals surface area contributed by atoms with E-state index in [4.69, 9.17) is 16.3 Å². The number of carbonyl (C=O) groups is 1. The molecule has 4 nitrogen and oxygen atoms in total. The summed E-state index contributed by atoms with van der Waals surface area (Å²) in [6.07, 6.45) is 6.18. The van der Waals surface area contributed by atoms with Gasteiger partial charge in [-0.3, -0.25) is 0 Å². The van der Waals surface area contributed by atoms with Crippen molar-refractivity contribution in [2.45, 2.75) is 38.6 Å². The monoisotopic (exact) mass is 268 g/mol. The van der Waals surface area contributed by atoms with Crippen molar-refractivity contribution in [3.8, 4) is 0 Å². The van der Waals surface area contributed by atoms with E-state index in [0.29, 0.717) is 23.4 Å². The van der Waals surface area contributed by atoms with Gasteiger partial charge >= 0.3 is 5.97 Å². The zero-order valence-electron chi connectivity index (χ0n) is 10.4. The third kappa shape index (κ3) is 3.13. The number of anilines is 1. The number of halogens is 1. The summed E-state index contributed by atoms with van der Waals surface area (Å²) in [6.45, 7) is 2.13. The zero-order chi connectivity index (χ0) is 13.0. The lowest BCUT2D eigenvalue weighted by Crippen LogP contribution is -2.18. The maximum atomic E-state index is 11.8. The molecule has 98 valence electrons. The molecule has 2 rings (SSSR count). The Bertz CT molecular complexity index is 431. The van der Waals surface area contributed by atoms with Gasteiger partial charge in [-0.2, -0.15) is 0 Å². The van der Waals surface area contributed by atoms with Crippen molar-refractivity contribution in [1.29, 1.82) is 0 Å². The van der Waals surface area contributed by atoms with Gasteiger partial charge in [-0.25, -0.2) is 9.78 Å². The van der Waals surface area contributed by atoms with Crippen LogP contribution in [0.15, 0.2) is 12.3 Å². The van der Waals surface area contributed by atoms with E-state index in [2.05, 4.69) is 10.3 Å². The molecule has 0 radical (unpaired) electrons. The fourth-order valence-electron chi connectivity index (χ4n) is 2.21. The summed E-state index contributed by atoms with van der Waals surface area (Å²) in [5.41, 5.74) is 1.17. The molecule has 1 aliphatic carbocycles. The predicted molar refractivity (Wildman–Crippen MR) is 71.1 cm³/mol. The maximum absolute atomic E-state index is 11.8. The molecule has 0 aliphatic heterocycles. The van der Waals surface area contributed by atoms with Crippen LogP contribution in [0, 0.1) is 0 Å². The number of carbonyl (C=O) groups excluding carboxylic acids is 1. The molecule has 5 heteroatoms. The molecule has 1 saturated carbocycles. The maximum Gasteiger partial charge on any atom is 0.341 e. The Labute approximate surface area is 112 Å². The smallest absolute Gasteiger partial charge is 0.341 e. The number of esters is 1. The van der Waals surface area contributed by atoms with Crippen molar-refractivity contribution >= 4 is 23.3 Å². The number of rotatable bonds is 4. The van der Waals surface area contributed by atoms with Crippen LogP contribution in [0.25, 0.3) is 0 Å². The van der Waals surface area contributed by atoms with Crippen molar-refractivity contribution in [2.24, 2.45) is 0 Å². The van der Waals surface area contributed by atoms with Crippen LogP contribution in [0.2, 0.25) is 5.15 Å². The van der Waals surface area contributed by atoms with Crippen LogP contribution in [-0.2, 0) is 4.74 Å². The molecule has 1 aromatic rings. The second kappa shape index (κ2) is 6.05. The highest BCUT2D eigenvalue weighted by Gasteiger charge is 2.19. The standard InChI is InChI=1S/C13H17ClN2O2/c1-2-18-13(17)10-8-15-12(14)7-11(10)16-9-5-3-4-6-9/h7-9H,2-6H2,1H3,(H,15,16). The summed E-state index contributed by atoms with van der Waals surface area (Å²) in [7, 11) is 0. The number of pyridine rings is 1. The highest BCUT2D eigenvalue weighted by molar-refractivity contribution is 6.29. The molecule has 1 fully saturated rings. The Morgan fingerprint density at radius 3 is 2.94 bits per heavy atom. The van der Waals surface area contributed by atoms with E-state index in [0.717, 1.165) is 18.5 Å². The van der Waals surface area contributed by atoms with Gasteiger partial charge in [0.2, 0.25) is 0 Å². The average Bonchev–Trinajstić information content (AvgIpc) is 2.82. The Morgan fingerprint density at radius 1 is 1.56 bits per heavy atom. The molecule has 0 unspecified atom stereocenters. The van der Waals surface area contributed by atoms with Crippen LogP contribution < -0.4 is 5.32 Å². The van der Waals surface area contributed by atoms with Crippen LogP contribution >= 0.6 is 11.6 Å². The minimum absolute atomic E-state index is 0.352. The summed E-state index contributed by atoms with van der Waals surface area (Å²) < 4.78 is 5.01. The van der Waals surface area contributed by atoms with Crippen molar-refractivity contribution in [1.82, 2.24) is 4.98 Å². The summed E-state index contributed by atoms with van der Waals surface area (Å²) in [4.78, 5) is 15.7. The van der Waals surface area contributed by atoms with E-state index in [9.17, 15) is 4.79 Å². The third-order valence-electron chi connectivity index (χ3n) is 3.08. The first-order chi connectivity index (χ1) is 8.70. The minimum atomic E-state index is -0.359. The number of hydrogen-bond donors (Lipinski definition) is 1. The first-order valence-corrected chi connectivity index (χ1v) is 6.67. The molecule has 0 saturated heterocycles. The molecular formula is C13H17ClN2O2. The van der Waals surface area contributed by atoms with E-state index >= 15 is 0 Å². The molecular weight excluding hydrogens is 252 g/mol. The van der Waals surface area contributed by atoms with Crippen molar-refractivity contribution < 1.29 is 9.53 Å². The van der Waals surface area contributed by atoms with E-state index in [1.54, 1.807) is 13.0 Å². The van der Waals surface area contributed by atoms with Gasteiger partial charge in [-0.1, -0.05) is 24.4 Å². The van der Waals surface area contributed by atoms with Crippen molar-refractivity contribution in [2.75, 3.05) is 11.9 Å². The van der Waals surface area contributed by atoms with Gasteiger partial charge in [0.1, 0.15) is 10.7 Å². The van der Waals surface area contributed by atoms with Crippen molar-refractivity contribution in [3.63, 3.8) is 0 Å². The number of nitrogens with zero attached hydrogens (tertiary/aromatic N) is 1. The highest BCUT2D eigenvalue weighted by Crippen LogP contribution is 2.26. The van der Waals surface area contributed by atoms with Gasteiger partial charge in [-0.05, 0) is 25.8 Å². The zero-order valence-corrected chi connectivity index (χ0v) is 11.2. The lowest BCUT2D eigenvalue weighted by Gasteiger charge is -2.16. The van der Waals surface area contributed by atoms with Crippen molar-refractivity contribution in [3.05, 3.63) is 23.0 Å². The van der Waals surface area contributed by atoms with Crippen LogP contribution in [0.1, 0.15) is 43.0 Å².